The first-order valence-corrected chi connectivity index (χ1v) is 10.3. The molecule has 144 valence electrons. The Morgan fingerprint density at radius 1 is 0.821 bits per heavy atom. The average molecular weight is 373 g/mol. The number of aliphatic hydroxyl groups is 1. The van der Waals surface area contributed by atoms with Crippen molar-refractivity contribution in [3.8, 4) is 0 Å². The van der Waals surface area contributed by atoms with Crippen LogP contribution in [0, 0.1) is 5.92 Å². The van der Waals surface area contributed by atoms with Crippen LogP contribution in [0.5, 0.6) is 0 Å². The van der Waals surface area contributed by atoms with E-state index in [4.69, 9.17) is 0 Å². The fourth-order valence-electron chi connectivity index (χ4n) is 5.08. The summed E-state index contributed by atoms with van der Waals surface area (Å²) in [5.41, 5.74) is 3.07. The summed E-state index contributed by atoms with van der Waals surface area (Å²) in [7, 11) is 2.29. The number of hydrogen-bond donors (Lipinski definition) is 2. The van der Waals surface area contributed by atoms with E-state index in [1.54, 1.807) is 0 Å². The van der Waals surface area contributed by atoms with Gasteiger partial charge in [0.2, 0.25) is 0 Å². The predicted octanol–water partition coefficient (Wildman–Crippen LogP) is 4.00. The van der Waals surface area contributed by atoms with Gasteiger partial charge in [-0.3, -0.25) is 0 Å². The number of piperidine rings is 1. The maximum absolute atomic E-state index is 12.0. The van der Waals surface area contributed by atoms with Gasteiger partial charge in [-0.1, -0.05) is 97.9 Å². The first kappa shape index (κ1) is 18.9. The Balaban J connectivity index is 1.75. The van der Waals surface area contributed by atoms with Crippen LogP contribution >= 0.6 is 0 Å². The lowest BCUT2D eigenvalue weighted by Gasteiger charge is -2.49. The van der Waals surface area contributed by atoms with Crippen molar-refractivity contribution in [2.45, 2.75) is 37.5 Å². The molecule has 1 aliphatic rings. The summed E-state index contributed by atoms with van der Waals surface area (Å²) in [6.45, 7) is 2.23. The normalized spacial score (nSPS) is 30.1. The molecule has 1 aliphatic heterocycles. The molecule has 2 heteroatoms. The Kier molecular flexibility index (Phi) is 5.34. The van der Waals surface area contributed by atoms with Crippen molar-refractivity contribution in [3.63, 3.8) is 0 Å². The van der Waals surface area contributed by atoms with E-state index in [2.05, 4.69) is 98.9 Å². The van der Waals surface area contributed by atoms with Crippen molar-refractivity contribution in [1.29, 1.82) is 0 Å². The molecular formula is C26H30NO+. The number of nitrogens with one attached hydrogen (secondary N) is 1. The monoisotopic (exact) mass is 372 g/mol. The van der Waals surface area contributed by atoms with Crippen LogP contribution in [0.4, 0.5) is 0 Å². The minimum atomic E-state index is -0.748. The number of likely N-dealkylation sites (tertiary alicyclic amines) is 1. The first-order valence-electron chi connectivity index (χ1n) is 10.3. The number of benzene rings is 3. The molecule has 1 saturated heterocycles. The highest BCUT2D eigenvalue weighted by molar-refractivity contribution is 5.25. The van der Waals surface area contributed by atoms with Gasteiger partial charge in [0.15, 0.2) is 0 Å². The molecule has 0 spiro atoms. The molecule has 3 aromatic rings. The number of hydrogen-bond acceptors (Lipinski definition) is 1. The predicted molar refractivity (Wildman–Crippen MR) is 114 cm³/mol. The van der Waals surface area contributed by atoms with Crippen LogP contribution < -0.4 is 4.90 Å². The fraction of sp³-hybridized carbons (Fsp3) is 0.308. The molecule has 0 radical (unpaired) electrons. The third-order valence-electron chi connectivity index (χ3n) is 6.66. The second kappa shape index (κ2) is 7.90. The molecule has 0 bridgehead atoms. The van der Waals surface area contributed by atoms with Crippen LogP contribution in [0.15, 0.2) is 91.0 Å². The van der Waals surface area contributed by atoms with Gasteiger partial charge in [0, 0.05) is 29.9 Å². The van der Waals surface area contributed by atoms with Gasteiger partial charge >= 0.3 is 0 Å². The Bertz CT molecular complexity index is 880. The van der Waals surface area contributed by atoms with Gasteiger partial charge in [0.05, 0.1) is 12.6 Å². The van der Waals surface area contributed by atoms with Crippen LogP contribution in [0.1, 0.15) is 42.1 Å². The van der Waals surface area contributed by atoms with Crippen molar-refractivity contribution in [2.75, 3.05) is 7.05 Å². The van der Waals surface area contributed by atoms with Crippen LogP contribution in [-0.2, 0) is 6.42 Å². The molecular weight excluding hydrogens is 342 g/mol. The van der Waals surface area contributed by atoms with E-state index < -0.39 is 5.60 Å². The average Bonchev–Trinajstić information content (AvgIpc) is 2.73. The molecule has 1 unspecified atom stereocenters. The Labute approximate surface area is 168 Å². The highest BCUT2D eigenvalue weighted by Crippen LogP contribution is 2.41. The zero-order chi connectivity index (χ0) is 19.6. The van der Waals surface area contributed by atoms with E-state index in [1.165, 1.54) is 21.6 Å². The molecule has 4 rings (SSSR count). The maximum Gasteiger partial charge on any atom is 0.119 e. The Morgan fingerprint density at radius 3 is 1.89 bits per heavy atom. The van der Waals surface area contributed by atoms with Crippen molar-refractivity contribution in [1.82, 2.24) is 0 Å². The van der Waals surface area contributed by atoms with E-state index in [0.29, 0.717) is 6.42 Å². The minimum absolute atomic E-state index is 0.148. The molecule has 0 aromatic heterocycles. The zero-order valence-corrected chi connectivity index (χ0v) is 16.8. The second-order valence-corrected chi connectivity index (χ2v) is 8.35. The lowest BCUT2D eigenvalue weighted by atomic mass is 9.68. The summed E-state index contributed by atoms with van der Waals surface area (Å²) < 4.78 is 0. The Morgan fingerprint density at radius 2 is 1.32 bits per heavy atom. The molecule has 5 atom stereocenters. The summed E-state index contributed by atoms with van der Waals surface area (Å²) in [6.07, 6.45) is 1.46. The van der Waals surface area contributed by atoms with E-state index in [-0.39, 0.29) is 18.0 Å². The van der Waals surface area contributed by atoms with Gasteiger partial charge in [-0.05, 0) is 5.56 Å². The molecule has 2 N–H and O–H groups in total. The van der Waals surface area contributed by atoms with Crippen molar-refractivity contribution in [2.24, 2.45) is 5.92 Å². The van der Waals surface area contributed by atoms with Gasteiger partial charge in [-0.15, -0.1) is 0 Å². The van der Waals surface area contributed by atoms with Crippen LogP contribution in [0.25, 0.3) is 0 Å². The van der Waals surface area contributed by atoms with Gasteiger partial charge in [0.25, 0.3) is 0 Å². The van der Waals surface area contributed by atoms with Crippen molar-refractivity contribution in [3.05, 3.63) is 108 Å². The third kappa shape index (κ3) is 3.63. The van der Waals surface area contributed by atoms with E-state index in [9.17, 15) is 5.11 Å². The van der Waals surface area contributed by atoms with Gasteiger partial charge in [0.1, 0.15) is 12.1 Å². The largest absolute Gasteiger partial charge is 0.389 e. The third-order valence-corrected chi connectivity index (χ3v) is 6.66. The first-order chi connectivity index (χ1) is 13.6. The number of rotatable bonds is 4. The topological polar surface area (TPSA) is 24.7 Å². The Hall–Kier alpha value is -2.42. The molecule has 3 aromatic carbocycles. The van der Waals surface area contributed by atoms with Crippen molar-refractivity contribution >= 4 is 0 Å². The van der Waals surface area contributed by atoms with E-state index in [1.807, 2.05) is 6.07 Å². The minimum Gasteiger partial charge on any atom is -0.389 e. The molecule has 0 amide bonds. The summed E-state index contributed by atoms with van der Waals surface area (Å²) in [4.78, 5) is 1.46. The highest BCUT2D eigenvalue weighted by Gasteiger charge is 2.51. The SMILES string of the molecule is C[C@H]1[C@@H](c2ccccc2)[NH+](C)[C@H](c2ccccc2)C[C@]1(O)Cc1ccccc1. The lowest BCUT2D eigenvalue weighted by Crippen LogP contribution is -3.12. The standard InChI is InChI=1S/C26H29NO/c1-20-25(23-16-10-5-11-17-23)27(2)24(22-14-8-4-9-15-22)19-26(20,28)18-21-12-6-3-7-13-21/h3-17,20,24-25,28H,18-19H2,1-2H3/p+1/t20-,24-,25-,26+/m0/s1. The molecule has 1 heterocycles. The molecule has 1 fully saturated rings. The van der Waals surface area contributed by atoms with Gasteiger partial charge in [-0.2, -0.15) is 0 Å². The number of quaternary nitrogens is 1. The zero-order valence-electron chi connectivity index (χ0n) is 16.8. The van der Waals surface area contributed by atoms with E-state index >= 15 is 0 Å². The summed E-state index contributed by atoms with van der Waals surface area (Å²) >= 11 is 0. The molecule has 28 heavy (non-hydrogen) atoms. The fourth-order valence-corrected chi connectivity index (χ4v) is 5.08. The van der Waals surface area contributed by atoms with Gasteiger partial charge in [-0.25, -0.2) is 0 Å². The quantitative estimate of drug-likeness (QED) is 0.711. The maximum atomic E-state index is 12.0. The van der Waals surface area contributed by atoms with Crippen LogP contribution in [0.2, 0.25) is 0 Å². The summed E-state index contributed by atoms with van der Waals surface area (Å²) in [6, 6.07) is 32.3. The highest BCUT2D eigenvalue weighted by atomic mass is 16.3. The van der Waals surface area contributed by atoms with Crippen LogP contribution in [-0.4, -0.2) is 17.8 Å². The molecule has 0 saturated carbocycles. The summed E-state index contributed by atoms with van der Waals surface area (Å²) in [5.74, 6) is 0.148. The smallest absolute Gasteiger partial charge is 0.119 e. The summed E-state index contributed by atoms with van der Waals surface area (Å²) in [5, 5.41) is 12.0. The lowest BCUT2D eigenvalue weighted by molar-refractivity contribution is -0.957. The van der Waals surface area contributed by atoms with E-state index in [0.717, 1.165) is 6.42 Å². The second-order valence-electron chi connectivity index (χ2n) is 8.35. The molecule has 2 nitrogen and oxygen atoms in total. The van der Waals surface area contributed by atoms with Crippen LogP contribution in [0.3, 0.4) is 0 Å². The molecule has 0 aliphatic carbocycles. The van der Waals surface area contributed by atoms with Gasteiger partial charge < -0.3 is 10.0 Å². The van der Waals surface area contributed by atoms with Crippen molar-refractivity contribution < 1.29 is 10.0 Å².